The first-order chi connectivity index (χ1) is 8.38. The second-order valence-electron chi connectivity index (χ2n) is 3.10. The molecule has 0 radical (unpaired) electrons. The Kier molecular flexibility index (Phi) is 4.81. The van der Waals surface area contributed by atoms with Crippen molar-refractivity contribution in [2.24, 2.45) is 0 Å². The van der Waals surface area contributed by atoms with E-state index in [-0.39, 0.29) is 17.2 Å². The van der Waals surface area contributed by atoms with Gasteiger partial charge in [-0.05, 0) is 12.1 Å². The van der Waals surface area contributed by atoms with Crippen molar-refractivity contribution in [3.05, 3.63) is 18.2 Å². The molecule has 98 valence electrons. The number of carbonyl (C=O) groups excluding carboxylic acids is 2. The lowest BCUT2D eigenvalue weighted by Crippen LogP contribution is -2.07. The van der Waals surface area contributed by atoms with Crippen molar-refractivity contribution in [2.45, 2.75) is 13.8 Å². The van der Waals surface area contributed by atoms with E-state index in [1.165, 1.54) is 19.1 Å². The molecule has 0 spiro atoms. The van der Waals surface area contributed by atoms with Gasteiger partial charge in [0, 0.05) is 19.9 Å². The molecular formula is C10H10O7S. The molecular weight excluding hydrogens is 264 g/mol. The first-order valence-corrected chi connectivity index (χ1v) is 5.71. The average molecular weight is 274 g/mol. The number of hydrogen-bond donors (Lipinski definition) is 1. The molecule has 1 aromatic rings. The standard InChI is InChI=1S/C10H10O7S/c1-6(11)15-9-4-3-8(17-18(13)14)5-10(9)16-7(2)12/h3-5H,1-2H3,(H,13,14). The van der Waals surface area contributed by atoms with Crippen LogP contribution in [-0.4, -0.2) is 20.7 Å². The summed E-state index contributed by atoms with van der Waals surface area (Å²) in [6.45, 7) is 2.35. The summed E-state index contributed by atoms with van der Waals surface area (Å²) in [4.78, 5) is 21.7. The topological polar surface area (TPSA) is 99.1 Å². The minimum Gasteiger partial charge on any atom is -0.423 e. The van der Waals surface area contributed by atoms with Gasteiger partial charge in [0.1, 0.15) is 5.75 Å². The fraction of sp³-hybridized carbons (Fsp3) is 0.200. The molecule has 0 bridgehead atoms. The highest BCUT2D eigenvalue weighted by Gasteiger charge is 2.12. The second kappa shape index (κ2) is 6.12. The summed E-state index contributed by atoms with van der Waals surface area (Å²) in [5.41, 5.74) is 0. The normalized spacial score (nSPS) is 11.5. The number of rotatable bonds is 4. The fourth-order valence-electron chi connectivity index (χ4n) is 1.10. The van der Waals surface area contributed by atoms with Crippen LogP contribution in [0.1, 0.15) is 13.8 Å². The average Bonchev–Trinajstić information content (AvgIpc) is 2.19. The Hall–Kier alpha value is -1.93. The zero-order valence-corrected chi connectivity index (χ0v) is 10.4. The molecule has 0 fully saturated rings. The first kappa shape index (κ1) is 14.1. The van der Waals surface area contributed by atoms with Gasteiger partial charge in [0.15, 0.2) is 11.5 Å². The van der Waals surface area contributed by atoms with Crippen LogP contribution in [0.2, 0.25) is 0 Å². The Morgan fingerprint density at radius 1 is 1.11 bits per heavy atom. The van der Waals surface area contributed by atoms with Gasteiger partial charge in [0.25, 0.3) is 0 Å². The molecule has 0 aliphatic carbocycles. The number of carbonyl (C=O) groups is 2. The minimum absolute atomic E-state index is 0.00812. The third-order valence-corrected chi connectivity index (χ3v) is 1.93. The lowest BCUT2D eigenvalue weighted by atomic mass is 10.3. The van der Waals surface area contributed by atoms with E-state index in [1.54, 1.807) is 0 Å². The van der Waals surface area contributed by atoms with Gasteiger partial charge in [0.05, 0.1) is 0 Å². The lowest BCUT2D eigenvalue weighted by Gasteiger charge is -2.09. The number of ether oxygens (including phenoxy) is 2. The van der Waals surface area contributed by atoms with Gasteiger partial charge >= 0.3 is 23.3 Å². The number of esters is 2. The van der Waals surface area contributed by atoms with Crippen LogP contribution in [0, 0.1) is 0 Å². The fourth-order valence-corrected chi connectivity index (χ4v) is 1.36. The third-order valence-electron chi connectivity index (χ3n) is 1.59. The van der Waals surface area contributed by atoms with E-state index >= 15 is 0 Å². The SMILES string of the molecule is CC(=O)Oc1ccc(OS(=O)O)cc1OC(C)=O. The van der Waals surface area contributed by atoms with E-state index in [1.807, 2.05) is 0 Å². The van der Waals surface area contributed by atoms with Crippen molar-refractivity contribution < 1.29 is 32.0 Å². The zero-order chi connectivity index (χ0) is 13.7. The molecule has 0 saturated heterocycles. The van der Waals surface area contributed by atoms with Crippen molar-refractivity contribution in [1.29, 1.82) is 0 Å². The second-order valence-corrected chi connectivity index (χ2v) is 3.70. The van der Waals surface area contributed by atoms with E-state index in [0.717, 1.165) is 13.0 Å². The molecule has 0 amide bonds. The molecule has 1 aromatic carbocycles. The van der Waals surface area contributed by atoms with Crippen LogP contribution in [0.5, 0.6) is 17.2 Å². The Bertz CT molecular complexity index is 497. The van der Waals surface area contributed by atoms with Crippen molar-refractivity contribution in [3.63, 3.8) is 0 Å². The molecule has 8 heteroatoms. The predicted octanol–water partition coefficient (Wildman–Crippen LogP) is 1.05. The molecule has 1 N–H and O–H groups in total. The third kappa shape index (κ3) is 4.52. The molecule has 0 aliphatic heterocycles. The Morgan fingerprint density at radius 2 is 1.67 bits per heavy atom. The van der Waals surface area contributed by atoms with Crippen molar-refractivity contribution in [3.8, 4) is 17.2 Å². The van der Waals surface area contributed by atoms with Crippen LogP contribution in [-0.2, 0) is 21.0 Å². The number of hydrogen-bond acceptors (Lipinski definition) is 6. The largest absolute Gasteiger partial charge is 0.423 e. The molecule has 7 nitrogen and oxygen atoms in total. The van der Waals surface area contributed by atoms with E-state index in [2.05, 4.69) is 4.18 Å². The van der Waals surface area contributed by atoms with Gasteiger partial charge in [-0.1, -0.05) is 0 Å². The maximum atomic E-state index is 10.9. The molecule has 18 heavy (non-hydrogen) atoms. The van der Waals surface area contributed by atoms with Gasteiger partial charge in [-0.3, -0.25) is 14.1 Å². The Labute approximate surface area is 105 Å². The zero-order valence-electron chi connectivity index (χ0n) is 9.54. The van der Waals surface area contributed by atoms with Crippen LogP contribution in [0.4, 0.5) is 0 Å². The molecule has 1 rings (SSSR count). The highest BCUT2D eigenvalue weighted by Crippen LogP contribution is 2.32. The summed E-state index contributed by atoms with van der Waals surface area (Å²) in [5, 5.41) is 0. The number of benzene rings is 1. The summed E-state index contributed by atoms with van der Waals surface area (Å²) in [5.74, 6) is -1.31. The molecule has 0 aliphatic rings. The Morgan fingerprint density at radius 3 is 2.17 bits per heavy atom. The highest BCUT2D eigenvalue weighted by molar-refractivity contribution is 7.74. The summed E-state index contributed by atoms with van der Waals surface area (Å²) < 4.78 is 33.1. The minimum atomic E-state index is -2.50. The van der Waals surface area contributed by atoms with Crippen LogP contribution in [0.25, 0.3) is 0 Å². The van der Waals surface area contributed by atoms with Crippen LogP contribution >= 0.6 is 0 Å². The molecule has 1 atom stereocenters. The smallest absolute Gasteiger partial charge is 0.357 e. The lowest BCUT2D eigenvalue weighted by molar-refractivity contribution is -0.134. The quantitative estimate of drug-likeness (QED) is 0.497. The van der Waals surface area contributed by atoms with Crippen LogP contribution < -0.4 is 13.7 Å². The first-order valence-electron chi connectivity index (χ1n) is 4.68. The maximum Gasteiger partial charge on any atom is 0.357 e. The van der Waals surface area contributed by atoms with E-state index in [0.29, 0.717) is 0 Å². The van der Waals surface area contributed by atoms with Gasteiger partial charge in [0.2, 0.25) is 0 Å². The molecule has 1 unspecified atom stereocenters. The highest BCUT2D eigenvalue weighted by atomic mass is 32.2. The summed E-state index contributed by atoms with van der Waals surface area (Å²) in [6, 6.07) is 3.73. The summed E-state index contributed by atoms with van der Waals surface area (Å²) >= 11 is -2.50. The monoisotopic (exact) mass is 274 g/mol. The van der Waals surface area contributed by atoms with Crippen molar-refractivity contribution >= 4 is 23.3 Å². The predicted molar refractivity (Wildman–Crippen MR) is 60.5 cm³/mol. The van der Waals surface area contributed by atoms with Crippen molar-refractivity contribution in [2.75, 3.05) is 0 Å². The van der Waals surface area contributed by atoms with Crippen LogP contribution in [0.15, 0.2) is 18.2 Å². The van der Waals surface area contributed by atoms with Gasteiger partial charge in [-0.15, -0.1) is 0 Å². The van der Waals surface area contributed by atoms with Gasteiger partial charge < -0.3 is 13.7 Å². The van der Waals surface area contributed by atoms with E-state index in [4.69, 9.17) is 14.0 Å². The summed E-state index contributed by atoms with van der Waals surface area (Å²) in [6.07, 6.45) is 0. The van der Waals surface area contributed by atoms with E-state index in [9.17, 15) is 13.8 Å². The van der Waals surface area contributed by atoms with Gasteiger partial charge in [-0.2, -0.15) is 4.21 Å². The Balaban J connectivity index is 3.06. The van der Waals surface area contributed by atoms with Gasteiger partial charge in [-0.25, -0.2) is 0 Å². The summed E-state index contributed by atoms with van der Waals surface area (Å²) in [7, 11) is 0. The van der Waals surface area contributed by atoms with E-state index < -0.39 is 23.3 Å². The molecule has 0 aromatic heterocycles. The van der Waals surface area contributed by atoms with Crippen LogP contribution in [0.3, 0.4) is 0 Å². The van der Waals surface area contributed by atoms with Crippen molar-refractivity contribution in [1.82, 2.24) is 0 Å². The maximum absolute atomic E-state index is 10.9. The molecule has 0 saturated carbocycles. The molecule has 0 heterocycles.